The van der Waals surface area contributed by atoms with Crippen LogP contribution < -0.4 is 10.6 Å². The average molecular weight is 328 g/mol. The summed E-state index contributed by atoms with van der Waals surface area (Å²) in [5, 5.41) is 5.00. The van der Waals surface area contributed by atoms with Crippen LogP contribution in [0.3, 0.4) is 0 Å². The number of halogens is 1. The Morgan fingerprint density at radius 3 is 2.75 bits per heavy atom. The molecule has 2 aromatic heterocycles. The highest BCUT2D eigenvalue weighted by Crippen LogP contribution is 2.32. The molecule has 1 saturated heterocycles. The van der Waals surface area contributed by atoms with Crippen molar-refractivity contribution >= 4 is 22.8 Å². The Balaban J connectivity index is 1.94. The van der Waals surface area contributed by atoms with E-state index >= 15 is 0 Å². The van der Waals surface area contributed by atoms with Crippen LogP contribution in [0.25, 0.3) is 22.3 Å². The number of fused-ring (bicyclic) bond motifs is 1. The smallest absolute Gasteiger partial charge is 0.228 e. The largest absolute Gasteiger partial charge is 0.383 e. The molecule has 8 heteroatoms. The van der Waals surface area contributed by atoms with Gasteiger partial charge in [-0.2, -0.15) is 10.1 Å². The molecule has 0 aliphatic carbocycles. The Labute approximate surface area is 137 Å². The molecule has 0 spiro atoms. The molecular weight excluding hydrogens is 311 g/mol. The van der Waals surface area contributed by atoms with Gasteiger partial charge < -0.3 is 15.4 Å². The van der Waals surface area contributed by atoms with Crippen molar-refractivity contribution in [3.63, 3.8) is 0 Å². The molecule has 7 nitrogen and oxygen atoms in total. The Morgan fingerprint density at radius 2 is 2.00 bits per heavy atom. The summed E-state index contributed by atoms with van der Waals surface area (Å²) in [7, 11) is 1.75. The Morgan fingerprint density at radius 1 is 1.21 bits per heavy atom. The van der Waals surface area contributed by atoms with Gasteiger partial charge in [-0.1, -0.05) is 12.1 Å². The van der Waals surface area contributed by atoms with Gasteiger partial charge in [0.1, 0.15) is 11.6 Å². The highest BCUT2D eigenvalue weighted by Gasteiger charge is 2.21. The molecule has 0 bridgehead atoms. The molecule has 1 aliphatic rings. The predicted molar refractivity (Wildman–Crippen MR) is 89.1 cm³/mol. The van der Waals surface area contributed by atoms with Crippen molar-refractivity contribution in [1.82, 2.24) is 19.7 Å². The lowest BCUT2D eigenvalue weighted by Crippen LogP contribution is -2.37. The van der Waals surface area contributed by atoms with E-state index in [4.69, 9.17) is 10.5 Å². The van der Waals surface area contributed by atoms with Crippen molar-refractivity contribution in [2.24, 2.45) is 7.05 Å². The van der Waals surface area contributed by atoms with Crippen LogP contribution in [0.5, 0.6) is 0 Å². The number of hydrogen-bond acceptors (Lipinski definition) is 6. The fraction of sp³-hybridized carbons (Fsp3) is 0.312. The van der Waals surface area contributed by atoms with Crippen LogP contribution >= 0.6 is 0 Å². The molecule has 0 atom stereocenters. The van der Waals surface area contributed by atoms with E-state index in [1.165, 1.54) is 12.1 Å². The fourth-order valence-electron chi connectivity index (χ4n) is 2.85. The van der Waals surface area contributed by atoms with Crippen molar-refractivity contribution in [1.29, 1.82) is 0 Å². The molecular formula is C16H17FN6O. The van der Waals surface area contributed by atoms with E-state index in [2.05, 4.69) is 15.1 Å². The number of morpholine rings is 1. The van der Waals surface area contributed by atoms with E-state index in [1.54, 1.807) is 23.9 Å². The Kier molecular flexibility index (Phi) is 3.53. The molecule has 4 rings (SSSR count). The number of aryl methyl sites for hydroxylation is 1. The summed E-state index contributed by atoms with van der Waals surface area (Å²) >= 11 is 0. The molecule has 1 fully saturated rings. The second-order valence-electron chi connectivity index (χ2n) is 5.69. The zero-order chi connectivity index (χ0) is 16.7. The monoisotopic (exact) mass is 328 g/mol. The van der Waals surface area contributed by atoms with Crippen LogP contribution in [0.4, 0.5) is 16.2 Å². The lowest BCUT2D eigenvalue weighted by Gasteiger charge is -2.27. The van der Waals surface area contributed by atoms with Crippen LogP contribution in [0, 0.1) is 5.82 Å². The second kappa shape index (κ2) is 5.72. The summed E-state index contributed by atoms with van der Waals surface area (Å²) in [5.41, 5.74) is 7.88. The minimum absolute atomic E-state index is 0.324. The van der Waals surface area contributed by atoms with Crippen LogP contribution in [-0.2, 0) is 11.8 Å². The summed E-state index contributed by atoms with van der Waals surface area (Å²) in [5.74, 6) is 0.690. The van der Waals surface area contributed by atoms with E-state index < -0.39 is 0 Å². The third-order valence-electron chi connectivity index (χ3n) is 4.12. The number of hydrogen-bond donors (Lipinski definition) is 1. The lowest BCUT2D eigenvalue weighted by atomic mass is 10.1. The van der Waals surface area contributed by atoms with Crippen molar-refractivity contribution < 1.29 is 9.13 Å². The Bertz CT molecular complexity index is 903. The number of benzene rings is 1. The van der Waals surface area contributed by atoms with Gasteiger partial charge in [0.2, 0.25) is 5.95 Å². The number of nitrogen functional groups attached to an aromatic ring is 1. The third-order valence-corrected chi connectivity index (χ3v) is 4.12. The van der Waals surface area contributed by atoms with Gasteiger partial charge in [-0.15, -0.1) is 0 Å². The minimum atomic E-state index is -0.324. The van der Waals surface area contributed by atoms with Crippen molar-refractivity contribution in [2.45, 2.75) is 0 Å². The van der Waals surface area contributed by atoms with Crippen molar-refractivity contribution in [2.75, 3.05) is 36.9 Å². The van der Waals surface area contributed by atoms with Crippen molar-refractivity contribution in [3.05, 3.63) is 30.1 Å². The van der Waals surface area contributed by atoms with Crippen molar-refractivity contribution in [3.8, 4) is 11.3 Å². The molecule has 3 heterocycles. The predicted octanol–water partition coefficient (Wildman–Crippen LogP) is 1.59. The number of nitrogens with zero attached hydrogens (tertiary/aromatic N) is 5. The van der Waals surface area contributed by atoms with Gasteiger partial charge in [-0.3, -0.25) is 4.68 Å². The third kappa shape index (κ3) is 2.44. The van der Waals surface area contributed by atoms with Gasteiger partial charge in [0.05, 0.1) is 24.3 Å². The first-order valence-corrected chi connectivity index (χ1v) is 7.72. The van der Waals surface area contributed by atoms with Gasteiger partial charge >= 0.3 is 0 Å². The van der Waals surface area contributed by atoms with Crippen LogP contribution in [0.15, 0.2) is 24.3 Å². The molecule has 0 saturated carbocycles. The zero-order valence-corrected chi connectivity index (χ0v) is 13.2. The van der Waals surface area contributed by atoms with Crippen LogP contribution in [0.2, 0.25) is 0 Å². The van der Waals surface area contributed by atoms with E-state index in [9.17, 15) is 4.39 Å². The van der Waals surface area contributed by atoms with Gasteiger partial charge in [0, 0.05) is 25.7 Å². The summed E-state index contributed by atoms with van der Waals surface area (Å²) < 4.78 is 20.6. The average Bonchev–Trinajstić information content (AvgIpc) is 2.89. The maximum absolute atomic E-state index is 13.7. The summed E-state index contributed by atoms with van der Waals surface area (Å²) in [6.07, 6.45) is 0. The first kappa shape index (κ1) is 14.8. The van der Waals surface area contributed by atoms with Gasteiger partial charge in [-0.25, -0.2) is 9.37 Å². The maximum Gasteiger partial charge on any atom is 0.228 e. The van der Waals surface area contributed by atoms with E-state index in [0.29, 0.717) is 60.4 Å². The van der Waals surface area contributed by atoms with Gasteiger partial charge in [0.25, 0.3) is 0 Å². The quantitative estimate of drug-likeness (QED) is 0.769. The minimum Gasteiger partial charge on any atom is -0.383 e. The zero-order valence-electron chi connectivity index (χ0n) is 13.2. The van der Waals surface area contributed by atoms with Crippen LogP contribution in [-0.4, -0.2) is 46.1 Å². The van der Waals surface area contributed by atoms with Gasteiger partial charge in [0.15, 0.2) is 5.65 Å². The fourth-order valence-corrected chi connectivity index (χ4v) is 2.85. The molecule has 3 aromatic rings. The number of ether oxygens (including phenoxy) is 1. The molecule has 0 radical (unpaired) electrons. The first-order valence-electron chi connectivity index (χ1n) is 7.72. The van der Waals surface area contributed by atoms with Crippen LogP contribution in [0.1, 0.15) is 0 Å². The van der Waals surface area contributed by atoms with Gasteiger partial charge in [-0.05, 0) is 12.1 Å². The summed E-state index contributed by atoms with van der Waals surface area (Å²) in [6, 6.07) is 6.30. The lowest BCUT2D eigenvalue weighted by molar-refractivity contribution is 0.122. The van der Waals surface area contributed by atoms with E-state index in [-0.39, 0.29) is 5.82 Å². The topological polar surface area (TPSA) is 82.1 Å². The second-order valence-corrected chi connectivity index (χ2v) is 5.69. The molecule has 1 aliphatic heterocycles. The normalized spacial score (nSPS) is 15.2. The number of nitrogens with two attached hydrogens (primary N) is 1. The standard InChI is InChI=1S/C16H17FN6O/c1-22-14(18)12-13(10-3-2-4-11(17)9-10)19-16(20-15(12)21-22)23-5-7-24-8-6-23/h2-4,9H,5-8,18H2,1H3. The number of aromatic nitrogens is 4. The summed E-state index contributed by atoms with van der Waals surface area (Å²) in [4.78, 5) is 11.3. The molecule has 0 unspecified atom stereocenters. The number of anilines is 2. The molecule has 24 heavy (non-hydrogen) atoms. The Hall–Kier alpha value is -2.74. The van der Waals surface area contributed by atoms with E-state index in [0.717, 1.165) is 0 Å². The molecule has 1 aromatic carbocycles. The number of rotatable bonds is 2. The molecule has 2 N–H and O–H groups in total. The summed E-state index contributed by atoms with van der Waals surface area (Å²) in [6.45, 7) is 2.66. The molecule has 124 valence electrons. The van der Waals surface area contributed by atoms with E-state index in [1.807, 2.05) is 4.90 Å². The highest BCUT2D eigenvalue weighted by molar-refractivity contribution is 5.98. The highest BCUT2D eigenvalue weighted by atomic mass is 19.1. The maximum atomic E-state index is 13.7. The first-order chi connectivity index (χ1) is 11.6. The molecule has 0 amide bonds. The SMILES string of the molecule is Cn1nc2nc(N3CCOCC3)nc(-c3cccc(F)c3)c2c1N.